The largest absolute Gasteiger partial charge is 0.354 e. The Morgan fingerprint density at radius 2 is 1.85 bits per heavy atom. The minimum atomic E-state index is 0.507. The van der Waals surface area contributed by atoms with Gasteiger partial charge in [0.25, 0.3) is 0 Å². The highest BCUT2D eigenvalue weighted by molar-refractivity contribution is 5.59. The number of hydrogen-bond donors (Lipinski definition) is 0. The van der Waals surface area contributed by atoms with Crippen LogP contribution in [-0.2, 0) is 6.54 Å². The summed E-state index contributed by atoms with van der Waals surface area (Å²) in [6, 6.07) is 20.9. The van der Waals surface area contributed by atoms with Gasteiger partial charge in [-0.25, -0.2) is 0 Å². The first-order valence-corrected chi connectivity index (χ1v) is 9.04. The highest BCUT2D eigenvalue weighted by Gasteiger charge is 2.27. The van der Waals surface area contributed by atoms with Crippen molar-refractivity contribution < 1.29 is 0 Å². The number of rotatable bonds is 5. The van der Waals surface area contributed by atoms with Crippen LogP contribution in [0.5, 0.6) is 0 Å². The standard InChI is InChI=1S/C21H23N5/c1-25(15-18-9-5-6-13-22-18)19-12-14-26(16-19)21-11-10-20(23-24-21)17-7-3-2-4-8-17/h2-11,13,19H,12,14-16H2,1H3. The van der Waals surface area contributed by atoms with Crippen molar-refractivity contribution in [1.82, 2.24) is 20.1 Å². The Kier molecular flexibility index (Phi) is 4.88. The lowest BCUT2D eigenvalue weighted by Crippen LogP contribution is -2.34. The van der Waals surface area contributed by atoms with E-state index in [0.717, 1.165) is 48.8 Å². The van der Waals surface area contributed by atoms with Gasteiger partial charge in [0.2, 0.25) is 0 Å². The summed E-state index contributed by atoms with van der Waals surface area (Å²) >= 11 is 0. The fourth-order valence-corrected chi connectivity index (χ4v) is 3.44. The Labute approximate surface area is 154 Å². The molecule has 0 aliphatic carbocycles. The van der Waals surface area contributed by atoms with Gasteiger partial charge in [0.15, 0.2) is 5.82 Å². The molecule has 132 valence electrons. The van der Waals surface area contributed by atoms with Gasteiger partial charge >= 0.3 is 0 Å². The summed E-state index contributed by atoms with van der Waals surface area (Å²) in [5.41, 5.74) is 3.12. The highest BCUT2D eigenvalue weighted by Crippen LogP contribution is 2.23. The molecule has 3 heterocycles. The topological polar surface area (TPSA) is 45.2 Å². The molecule has 4 rings (SSSR count). The van der Waals surface area contributed by atoms with Gasteiger partial charge in [-0.15, -0.1) is 10.2 Å². The molecule has 1 saturated heterocycles. The smallest absolute Gasteiger partial charge is 0.151 e. The molecule has 2 aromatic heterocycles. The van der Waals surface area contributed by atoms with Gasteiger partial charge in [-0.3, -0.25) is 9.88 Å². The number of pyridine rings is 1. The van der Waals surface area contributed by atoms with E-state index >= 15 is 0 Å². The van der Waals surface area contributed by atoms with Crippen molar-refractivity contribution in [2.75, 3.05) is 25.0 Å². The van der Waals surface area contributed by atoms with Crippen molar-refractivity contribution in [3.8, 4) is 11.3 Å². The third kappa shape index (κ3) is 3.73. The summed E-state index contributed by atoms with van der Waals surface area (Å²) in [5.74, 6) is 0.957. The van der Waals surface area contributed by atoms with Gasteiger partial charge in [-0.1, -0.05) is 36.4 Å². The van der Waals surface area contributed by atoms with E-state index < -0.39 is 0 Å². The first-order valence-electron chi connectivity index (χ1n) is 9.04. The summed E-state index contributed by atoms with van der Waals surface area (Å²) in [5, 5.41) is 8.88. The molecular formula is C21H23N5. The van der Waals surface area contributed by atoms with Gasteiger partial charge in [-0.05, 0) is 37.7 Å². The van der Waals surface area contributed by atoms with Crippen LogP contribution in [0.3, 0.4) is 0 Å². The maximum absolute atomic E-state index is 4.46. The molecular weight excluding hydrogens is 322 g/mol. The quantitative estimate of drug-likeness (QED) is 0.710. The maximum Gasteiger partial charge on any atom is 0.151 e. The van der Waals surface area contributed by atoms with Gasteiger partial charge in [0.05, 0.1) is 11.4 Å². The van der Waals surface area contributed by atoms with Crippen LogP contribution in [0.4, 0.5) is 5.82 Å². The van der Waals surface area contributed by atoms with E-state index in [1.54, 1.807) is 0 Å². The first-order chi connectivity index (χ1) is 12.8. The van der Waals surface area contributed by atoms with E-state index in [4.69, 9.17) is 0 Å². The molecule has 0 saturated carbocycles. The molecule has 0 radical (unpaired) electrons. The fraction of sp³-hybridized carbons (Fsp3) is 0.286. The van der Waals surface area contributed by atoms with Gasteiger partial charge in [0.1, 0.15) is 0 Å². The number of benzene rings is 1. The summed E-state index contributed by atoms with van der Waals surface area (Å²) < 4.78 is 0. The van der Waals surface area contributed by atoms with Crippen LogP contribution in [-0.4, -0.2) is 46.3 Å². The van der Waals surface area contributed by atoms with Crippen molar-refractivity contribution >= 4 is 5.82 Å². The molecule has 5 heteroatoms. The van der Waals surface area contributed by atoms with Crippen molar-refractivity contribution in [2.24, 2.45) is 0 Å². The Morgan fingerprint density at radius 1 is 1.00 bits per heavy atom. The third-order valence-electron chi connectivity index (χ3n) is 4.97. The minimum absolute atomic E-state index is 0.507. The molecule has 0 amide bonds. The Balaban J connectivity index is 1.39. The predicted octanol–water partition coefficient (Wildman–Crippen LogP) is 3.25. The Morgan fingerprint density at radius 3 is 2.58 bits per heavy atom. The monoisotopic (exact) mass is 345 g/mol. The van der Waals surface area contributed by atoms with E-state index in [1.807, 2.05) is 36.5 Å². The zero-order valence-corrected chi connectivity index (χ0v) is 15.0. The molecule has 1 unspecified atom stereocenters. The van der Waals surface area contributed by atoms with Crippen LogP contribution in [0, 0.1) is 0 Å². The van der Waals surface area contributed by atoms with Crippen molar-refractivity contribution in [1.29, 1.82) is 0 Å². The molecule has 0 N–H and O–H groups in total. The predicted molar refractivity (Wildman–Crippen MR) is 104 cm³/mol. The lowest BCUT2D eigenvalue weighted by molar-refractivity contribution is 0.247. The first kappa shape index (κ1) is 16.7. The van der Waals surface area contributed by atoms with Crippen LogP contribution in [0.2, 0.25) is 0 Å². The van der Waals surface area contributed by atoms with Crippen LogP contribution in [0.1, 0.15) is 12.1 Å². The molecule has 1 aliphatic heterocycles. The van der Waals surface area contributed by atoms with E-state index in [0.29, 0.717) is 6.04 Å². The minimum Gasteiger partial charge on any atom is -0.354 e. The molecule has 3 aromatic rings. The highest BCUT2D eigenvalue weighted by atomic mass is 15.3. The SMILES string of the molecule is CN(Cc1ccccn1)C1CCN(c2ccc(-c3ccccc3)nn2)C1. The molecule has 1 atom stereocenters. The second-order valence-electron chi connectivity index (χ2n) is 6.77. The summed E-state index contributed by atoms with van der Waals surface area (Å²) in [7, 11) is 2.17. The van der Waals surface area contributed by atoms with E-state index in [2.05, 4.69) is 62.4 Å². The summed E-state index contributed by atoms with van der Waals surface area (Å²) in [6.45, 7) is 2.86. The molecule has 1 aromatic carbocycles. The van der Waals surface area contributed by atoms with Crippen molar-refractivity contribution in [3.63, 3.8) is 0 Å². The van der Waals surface area contributed by atoms with E-state index in [1.165, 1.54) is 0 Å². The van der Waals surface area contributed by atoms with Gasteiger partial charge in [0, 0.05) is 37.4 Å². The number of anilines is 1. The number of aromatic nitrogens is 3. The van der Waals surface area contributed by atoms with Crippen LogP contribution in [0.15, 0.2) is 66.9 Å². The van der Waals surface area contributed by atoms with Crippen LogP contribution in [0.25, 0.3) is 11.3 Å². The maximum atomic E-state index is 4.46. The zero-order chi connectivity index (χ0) is 17.8. The summed E-state index contributed by atoms with van der Waals surface area (Å²) in [6.07, 6.45) is 2.99. The van der Waals surface area contributed by atoms with E-state index in [-0.39, 0.29) is 0 Å². The Hall–Kier alpha value is -2.79. The number of nitrogens with zero attached hydrogens (tertiary/aromatic N) is 5. The fourth-order valence-electron chi connectivity index (χ4n) is 3.44. The number of likely N-dealkylation sites (N-methyl/N-ethyl adjacent to an activating group) is 1. The van der Waals surface area contributed by atoms with Crippen molar-refractivity contribution in [3.05, 3.63) is 72.6 Å². The average Bonchev–Trinajstić information content (AvgIpc) is 3.20. The third-order valence-corrected chi connectivity index (χ3v) is 4.97. The van der Waals surface area contributed by atoms with Gasteiger partial charge in [-0.2, -0.15) is 0 Å². The molecule has 5 nitrogen and oxygen atoms in total. The number of hydrogen-bond acceptors (Lipinski definition) is 5. The molecule has 0 bridgehead atoms. The lowest BCUT2D eigenvalue weighted by atomic mass is 10.1. The lowest BCUT2D eigenvalue weighted by Gasteiger charge is -2.24. The second-order valence-corrected chi connectivity index (χ2v) is 6.77. The second kappa shape index (κ2) is 7.62. The molecule has 0 spiro atoms. The zero-order valence-electron chi connectivity index (χ0n) is 15.0. The Bertz CT molecular complexity index is 820. The normalized spacial score (nSPS) is 17.0. The van der Waals surface area contributed by atoms with Crippen LogP contribution < -0.4 is 4.90 Å². The van der Waals surface area contributed by atoms with Gasteiger partial charge < -0.3 is 4.90 Å². The molecule has 1 fully saturated rings. The molecule has 1 aliphatic rings. The van der Waals surface area contributed by atoms with Crippen molar-refractivity contribution in [2.45, 2.75) is 19.0 Å². The summed E-state index contributed by atoms with van der Waals surface area (Å²) in [4.78, 5) is 9.13. The molecule has 26 heavy (non-hydrogen) atoms. The van der Waals surface area contributed by atoms with E-state index in [9.17, 15) is 0 Å². The average molecular weight is 345 g/mol. The van der Waals surface area contributed by atoms with Crippen LogP contribution >= 0.6 is 0 Å².